The predicted molar refractivity (Wildman–Crippen MR) is 84.7 cm³/mol. The van der Waals surface area contributed by atoms with Crippen LogP contribution in [-0.2, 0) is 4.79 Å². The fraction of sp³-hybridized carbons (Fsp3) is 0.500. The van der Waals surface area contributed by atoms with Crippen LogP contribution in [0.4, 0.5) is 0 Å². The third-order valence-electron chi connectivity index (χ3n) is 3.63. The summed E-state index contributed by atoms with van der Waals surface area (Å²) < 4.78 is 6.39. The summed E-state index contributed by atoms with van der Waals surface area (Å²) in [6, 6.07) is 5.24. The molecule has 0 bridgehead atoms. The second-order valence-corrected chi connectivity index (χ2v) is 6.20. The van der Waals surface area contributed by atoms with Crippen LogP contribution in [0, 0.1) is 0 Å². The number of carbonyl (C=O) groups excluding carboxylic acids is 2. The average Bonchev–Trinajstić information content (AvgIpc) is 2.74. The number of hydrogen-bond acceptors (Lipinski definition) is 3. The molecule has 1 amide bonds. The molecule has 0 unspecified atom stereocenters. The Bertz CT molecular complexity index is 522. The Morgan fingerprint density at radius 3 is 2.48 bits per heavy atom. The Labute approximate surface area is 133 Å². The van der Waals surface area contributed by atoms with Crippen LogP contribution in [0.5, 0.6) is 5.75 Å². The fourth-order valence-corrected chi connectivity index (χ4v) is 2.82. The molecular weight excluding hydrogens is 334 g/mol. The highest BCUT2D eigenvalue weighted by atomic mass is 79.9. The minimum atomic E-state index is -0.0754. The van der Waals surface area contributed by atoms with Gasteiger partial charge in [-0.2, -0.15) is 0 Å². The van der Waals surface area contributed by atoms with Crippen LogP contribution in [0.3, 0.4) is 0 Å². The first-order valence-corrected chi connectivity index (χ1v) is 8.08. The predicted octanol–water partition coefficient (Wildman–Crippen LogP) is 3.43. The standard InChI is InChI=1S/C16H20BrNO3/c1-12(19)14-10-13(17)6-7-15(14)21-11-16(20)18-8-4-2-3-5-9-18/h6-7,10H,2-5,8-9,11H2,1H3. The molecule has 1 saturated heterocycles. The van der Waals surface area contributed by atoms with Gasteiger partial charge in [0.05, 0.1) is 5.56 Å². The molecule has 114 valence electrons. The van der Waals surface area contributed by atoms with Gasteiger partial charge < -0.3 is 9.64 Å². The molecule has 1 heterocycles. The van der Waals surface area contributed by atoms with E-state index in [1.807, 2.05) is 4.90 Å². The average molecular weight is 354 g/mol. The summed E-state index contributed by atoms with van der Waals surface area (Å²) in [6.45, 7) is 3.09. The topological polar surface area (TPSA) is 46.6 Å². The first-order valence-electron chi connectivity index (χ1n) is 7.29. The quantitative estimate of drug-likeness (QED) is 0.779. The molecule has 5 heteroatoms. The summed E-state index contributed by atoms with van der Waals surface area (Å²) in [7, 11) is 0. The van der Waals surface area contributed by atoms with E-state index in [1.54, 1.807) is 18.2 Å². The highest BCUT2D eigenvalue weighted by Gasteiger charge is 2.17. The lowest BCUT2D eigenvalue weighted by atomic mass is 10.1. The van der Waals surface area contributed by atoms with E-state index in [2.05, 4.69) is 15.9 Å². The molecular formula is C16H20BrNO3. The third-order valence-corrected chi connectivity index (χ3v) is 4.12. The lowest BCUT2D eigenvalue weighted by molar-refractivity contribution is -0.133. The van der Waals surface area contributed by atoms with E-state index in [1.165, 1.54) is 19.8 Å². The molecule has 1 fully saturated rings. The highest BCUT2D eigenvalue weighted by molar-refractivity contribution is 9.10. The lowest BCUT2D eigenvalue weighted by Gasteiger charge is -2.20. The Balaban J connectivity index is 1.99. The second kappa shape index (κ2) is 7.59. The largest absolute Gasteiger partial charge is 0.483 e. The molecule has 1 aromatic rings. The van der Waals surface area contributed by atoms with Gasteiger partial charge in [-0.15, -0.1) is 0 Å². The molecule has 0 aromatic heterocycles. The summed E-state index contributed by atoms with van der Waals surface area (Å²) in [4.78, 5) is 25.7. The van der Waals surface area contributed by atoms with E-state index in [0.29, 0.717) is 11.3 Å². The number of ketones is 1. The maximum Gasteiger partial charge on any atom is 0.260 e. The van der Waals surface area contributed by atoms with Gasteiger partial charge >= 0.3 is 0 Å². The molecule has 0 aliphatic carbocycles. The van der Waals surface area contributed by atoms with Gasteiger partial charge in [0.25, 0.3) is 5.91 Å². The normalized spacial score (nSPS) is 15.4. The Morgan fingerprint density at radius 1 is 1.19 bits per heavy atom. The number of benzene rings is 1. The van der Waals surface area contributed by atoms with Crippen molar-refractivity contribution in [1.29, 1.82) is 0 Å². The highest BCUT2D eigenvalue weighted by Crippen LogP contribution is 2.24. The smallest absolute Gasteiger partial charge is 0.260 e. The van der Waals surface area contributed by atoms with Crippen molar-refractivity contribution >= 4 is 27.6 Å². The van der Waals surface area contributed by atoms with Crippen LogP contribution in [0.15, 0.2) is 22.7 Å². The maximum absolute atomic E-state index is 12.2. The Hall–Kier alpha value is -1.36. The monoisotopic (exact) mass is 353 g/mol. The third kappa shape index (κ3) is 4.56. The lowest BCUT2D eigenvalue weighted by Crippen LogP contribution is -2.35. The maximum atomic E-state index is 12.2. The SMILES string of the molecule is CC(=O)c1cc(Br)ccc1OCC(=O)N1CCCCCC1. The zero-order valence-electron chi connectivity index (χ0n) is 12.2. The van der Waals surface area contributed by atoms with Crippen molar-refractivity contribution in [1.82, 2.24) is 4.90 Å². The van der Waals surface area contributed by atoms with Crippen molar-refractivity contribution in [2.24, 2.45) is 0 Å². The molecule has 0 spiro atoms. The van der Waals surface area contributed by atoms with Gasteiger partial charge in [-0.1, -0.05) is 28.8 Å². The van der Waals surface area contributed by atoms with Crippen LogP contribution >= 0.6 is 15.9 Å². The molecule has 1 aliphatic heterocycles. The molecule has 0 saturated carbocycles. The molecule has 4 nitrogen and oxygen atoms in total. The first kappa shape index (κ1) is 16.0. The number of ether oxygens (including phenoxy) is 1. The van der Waals surface area contributed by atoms with E-state index in [-0.39, 0.29) is 18.3 Å². The number of Topliss-reactive ketones (excluding diaryl/α,β-unsaturated/α-hetero) is 1. The number of amides is 1. The van der Waals surface area contributed by atoms with Crippen molar-refractivity contribution in [2.45, 2.75) is 32.6 Å². The van der Waals surface area contributed by atoms with Gasteiger partial charge in [-0.05, 0) is 38.0 Å². The molecule has 0 N–H and O–H groups in total. The van der Waals surface area contributed by atoms with Crippen molar-refractivity contribution in [2.75, 3.05) is 19.7 Å². The summed E-state index contributed by atoms with van der Waals surface area (Å²) in [5, 5.41) is 0. The van der Waals surface area contributed by atoms with Gasteiger partial charge in [-0.25, -0.2) is 0 Å². The van der Waals surface area contributed by atoms with E-state index < -0.39 is 0 Å². The molecule has 0 atom stereocenters. The molecule has 2 rings (SSSR count). The van der Waals surface area contributed by atoms with Crippen molar-refractivity contribution in [3.05, 3.63) is 28.2 Å². The number of nitrogens with zero attached hydrogens (tertiary/aromatic N) is 1. The van der Waals surface area contributed by atoms with Crippen LogP contribution in [-0.4, -0.2) is 36.3 Å². The minimum absolute atomic E-state index is 0.00526. The number of likely N-dealkylation sites (tertiary alicyclic amines) is 1. The number of halogens is 1. The first-order chi connectivity index (χ1) is 10.1. The molecule has 0 radical (unpaired) electrons. The van der Waals surface area contributed by atoms with Gasteiger partial charge in [0.15, 0.2) is 12.4 Å². The Morgan fingerprint density at radius 2 is 1.86 bits per heavy atom. The van der Waals surface area contributed by atoms with Crippen molar-refractivity contribution in [3.8, 4) is 5.75 Å². The zero-order chi connectivity index (χ0) is 15.2. The number of carbonyl (C=O) groups is 2. The molecule has 21 heavy (non-hydrogen) atoms. The van der Waals surface area contributed by atoms with E-state index in [4.69, 9.17) is 4.74 Å². The zero-order valence-corrected chi connectivity index (χ0v) is 13.8. The second-order valence-electron chi connectivity index (χ2n) is 5.28. The van der Waals surface area contributed by atoms with Gasteiger partial charge in [0.2, 0.25) is 0 Å². The van der Waals surface area contributed by atoms with E-state index in [9.17, 15) is 9.59 Å². The van der Waals surface area contributed by atoms with E-state index in [0.717, 1.165) is 30.4 Å². The van der Waals surface area contributed by atoms with Crippen molar-refractivity contribution in [3.63, 3.8) is 0 Å². The van der Waals surface area contributed by atoms with E-state index >= 15 is 0 Å². The molecule has 1 aromatic carbocycles. The van der Waals surface area contributed by atoms with Crippen LogP contribution in [0.1, 0.15) is 43.0 Å². The summed E-state index contributed by atoms with van der Waals surface area (Å²) in [5.41, 5.74) is 0.494. The fourth-order valence-electron chi connectivity index (χ4n) is 2.45. The van der Waals surface area contributed by atoms with Crippen molar-refractivity contribution < 1.29 is 14.3 Å². The number of rotatable bonds is 4. The summed E-state index contributed by atoms with van der Waals surface area (Å²) in [6.07, 6.45) is 4.49. The molecule has 1 aliphatic rings. The van der Waals surface area contributed by atoms with Gasteiger partial charge in [0.1, 0.15) is 5.75 Å². The van der Waals surface area contributed by atoms with Crippen LogP contribution in [0.2, 0.25) is 0 Å². The van der Waals surface area contributed by atoms with Crippen LogP contribution in [0.25, 0.3) is 0 Å². The van der Waals surface area contributed by atoms with Crippen LogP contribution < -0.4 is 4.74 Å². The van der Waals surface area contributed by atoms with Gasteiger partial charge in [-0.3, -0.25) is 9.59 Å². The summed E-state index contributed by atoms with van der Waals surface area (Å²) >= 11 is 3.33. The summed E-state index contributed by atoms with van der Waals surface area (Å²) in [5.74, 6) is 0.386. The minimum Gasteiger partial charge on any atom is -0.483 e. The van der Waals surface area contributed by atoms with Gasteiger partial charge in [0, 0.05) is 17.6 Å². The number of hydrogen-bond donors (Lipinski definition) is 0. The Kier molecular flexibility index (Phi) is 5.79.